The first-order valence-corrected chi connectivity index (χ1v) is 22.2. The van der Waals surface area contributed by atoms with E-state index in [1.54, 1.807) is 21.9 Å². The molecule has 4 aromatic carbocycles. The van der Waals surface area contributed by atoms with Gasteiger partial charge in [0.25, 0.3) is 0 Å². The number of rotatable bonds is 5. The normalized spacial score (nSPS) is 14.6. The summed E-state index contributed by atoms with van der Waals surface area (Å²) in [4.78, 5) is 29.9. The summed E-state index contributed by atoms with van der Waals surface area (Å²) < 4.78 is 10.8. The number of aliphatic hydroxyl groups excluding tert-OH is 1. The second-order valence-corrected chi connectivity index (χ2v) is 19.3. The number of nitrogens with zero attached hydrogens (tertiary/aromatic N) is 3. The van der Waals surface area contributed by atoms with Crippen LogP contribution in [-0.4, -0.2) is 95.6 Å². The van der Waals surface area contributed by atoms with Gasteiger partial charge >= 0.3 is 12.2 Å². The highest BCUT2D eigenvalue weighted by Crippen LogP contribution is 2.36. The molecule has 2 aliphatic rings. The third kappa shape index (κ3) is 15.9. The molecule has 13 heteroatoms. The van der Waals surface area contributed by atoms with Gasteiger partial charge < -0.3 is 29.7 Å². The van der Waals surface area contributed by atoms with E-state index in [2.05, 4.69) is 36.2 Å². The minimum absolute atomic E-state index is 0. The molecule has 62 heavy (non-hydrogen) atoms. The van der Waals surface area contributed by atoms with E-state index in [9.17, 15) is 14.7 Å². The van der Waals surface area contributed by atoms with Crippen molar-refractivity contribution >= 4 is 58.6 Å². The summed E-state index contributed by atoms with van der Waals surface area (Å²) in [5.74, 6) is 0. The molecule has 0 atom stereocenters. The number of benzene rings is 4. The molecule has 2 N–H and O–H groups in total. The third-order valence-corrected chi connectivity index (χ3v) is 11.1. The van der Waals surface area contributed by atoms with Crippen molar-refractivity contribution in [3.63, 3.8) is 0 Å². The van der Waals surface area contributed by atoms with Crippen LogP contribution in [-0.2, 0) is 9.47 Å². The van der Waals surface area contributed by atoms with Crippen LogP contribution in [0, 0.1) is 27.7 Å². The zero-order valence-corrected chi connectivity index (χ0v) is 40.2. The summed E-state index contributed by atoms with van der Waals surface area (Å²) in [6.45, 7) is 25.4. The van der Waals surface area contributed by atoms with E-state index in [1.165, 1.54) is 11.1 Å². The second-order valence-electron chi connectivity index (χ2n) is 17.5. The number of amides is 2. The number of piperazine rings is 2. The van der Waals surface area contributed by atoms with Crippen LogP contribution in [0.25, 0.3) is 0 Å². The summed E-state index contributed by atoms with van der Waals surface area (Å²) in [5, 5.41) is 16.5. The number of hydrogen-bond donors (Lipinski definition) is 2. The average Bonchev–Trinajstić information content (AvgIpc) is 3.16. The molecule has 0 aromatic heterocycles. The maximum Gasteiger partial charge on any atom is 0.410 e. The Labute approximate surface area is 390 Å². The number of carbonyl (C=O) groups excluding carboxylic acids is 2. The fourth-order valence-electron chi connectivity index (χ4n) is 7.18. The highest BCUT2D eigenvalue weighted by atomic mass is 35.5. The lowest BCUT2D eigenvalue weighted by Crippen LogP contribution is -2.51. The SMILES string of the molecule is C.CC(C)(C)OC(=O)N1CCNCC1.Cc1cc(Cl)ccc1C(O)c1ccc(Cl)cc1C.Cc1cc(Cl)ccc1C(c1ccc(Cl)cc1C)N1CCN(C(=O)OC(C)(C)C)CC1. The molecule has 2 saturated heterocycles. The molecule has 0 radical (unpaired) electrons. The quantitative estimate of drug-likeness (QED) is 0.206. The fourth-order valence-corrected chi connectivity index (χ4v) is 8.08. The molecule has 340 valence electrons. The van der Waals surface area contributed by atoms with Gasteiger partial charge in [-0.1, -0.05) is 78.1 Å². The lowest BCUT2D eigenvalue weighted by Gasteiger charge is -2.40. The van der Waals surface area contributed by atoms with E-state index >= 15 is 0 Å². The van der Waals surface area contributed by atoms with Crippen LogP contribution in [0.3, 0.4) is 0 Å². The maximum absolute atomic E-state index is 12.5. The number of carbonyl (C=O) groups is 2. The lowest BCUT2D eigenvalue weighted by molar-refractivity contribution is 0.0118. The first-order valence-electron chi connectivity index (χ1n) is 20.7. The molecule has 9 nitrogen and oxygen atoms in total. The summed E-state index contributed by atoms with van der Waals surface area (Å²) >= 11 is 24.3. The van der Waals surface area contributed by atoms with Crippen molar-refractivity contribution < 1.29 is 24.2 Å². The molecule has 2 amide bonds. The Bertz CT molecular complexity index is 2000. The Morgan fingerprint density at radius 2 is 0.855 bits per heavy atom. The number of nitrogens with one attached hydrogen (secondary N) is 1. The van der Waals surface area contributed by atoms with Crippen molar-refractivity contribution in [3.8, 4) is 0 Å². The van der Waals surface area contributed by atoms with Gasteiger partial charge in [-0.2, -0.15) is 0 Å². The van der Waals surface area contributed by atoms with E-state index in [4.69, 9.17) is 55.9 Å². The van der Waals surface area contributed by atoms with Crippen LogP contribution in [0.1, 0.15) is 106 Å². The molecule has 6 rings (SSSR count). The lowest BCUT2D eigenvalue weighted by atomic mass is 9.90. The van der Waals surface area contributed by atoms with Gasteiger partial charge in [-0.15, -0.1) is 0 Å². The zero-order valence-electron chi connectivity index (χ0n) is 37.2. The molecular weight excluding hydrogens is 866 g/mol. The molecule has 0 saturated carbocycles. The Balaban J connectivity index is 0.000000272. The van der Waals surface area contributed by atoms with Crippen LogP contribution in [0.2, 0.25) is 20.1 Å². The van der Waals surface area contributed by atoms with Gasteiger partial charge in [-0.25, -0.2) is 9.59 Å². The molecule has 0 bridgehead atoms. The van der Waals surface area contributed by atoms with Gasteiger partial charge in [-0.05, 0) is 162 Å². The van der Waals surface area contributed by atoms with E-state index in [-0.39, 0.29) is 31.3 Å². The first-order chi connectivity index (χ1) is 28.5. The van der Waals surface area contributed by atoms with Crippen molar-refractivity contribution in [3.05, 3.63) is 137 Å². The molecule has 2 fully saturated rings. The van der Waals surface area contributed by atoms with E-state index in [1.807, 2.05) is 104 Å². The average molecular weight is 933 g/mol. The third-order valence-electron chi connectivity index (χ3n) is 10.2. The smallest absolute Gasteiger partial charge is 0.410 e. The summed E-state index contributed by atoms with van der Waals surface area (Å²) in [5.41, 5.74) is 7.54. The molecule has 0 aliphatic carbocycles. The molecule has 0 spiro atoms. The molecule has 2 aliphatic heterocycles. The Morgan fingerprint density at radius 3 is 1.16 bits per heavy atom. The largest absolute Gasteiger partial charge is 0.444 e. The van der Waals surface area contributed by atoms with E-state index in [0.29, 0.717) is 23.1 Å². The first kappa shape index (κ1) is 52.8. The monoisotopic (exact) mass is 930 g/mol. The number of aryl methyl sites for hydroxylation is 4. The molecular formula is C49H66Cl4N4O5. The Kier molecular flexibility index (Phi) is 19.9. The van der Waals surface area contributed by atoms with E-state index < -0.39 is 11.7 Å². The highest BCUT2D eigenvalue weighted by Gasteiger charge is 2.32. The predicted molar refractivity (Wildman–Crippen MR) is 257 cm³/mol. The highest BCUT2D eigenvalue weighted by molar-refractivity contribution is 6.31. The van der Waals surface area contributed by atoms with Crippen molar-refractivity contribution in [1.82, 2.24) is 20.0 Å². The van der Waals surface area contributed by atoms with Crippen LogP contribution in [0.15, 0.2) is 72.8 Å². The molecule has 0 unspecified atom stereocenters. The summed E-state index contributed by atoms with van der Waals surface area (Å²) in [6.07, 6.45) is -1.10. The zero-order chi connectivity index (χ0) is 45.2. The van der Waals surface area contributed by atoms with Crippen LogP contribution >= 0.6 is 46.4 Å². The van der Waals surface area contributed by atoms with Gasteiger partial charge in [0, 0.05) is 72.4 Å². The standard InChI is InChI=1S/C24H30Cl2N2O2.C15H14Cl2O.C9H18N2O2.CH4/c1-16-14-18(25)6-8-20(16)22(21-9-7-19(26)15-17(21)2)27-10-12-28(13-11-27)23(29)30-24(3,4)5;1-9-7-11(16)3-5-13(9)15(18)14-6-4-12(17)8-10(14)2;1-9(2,3)13-8(12)11-6-4-10-5-7-11;/h6-9,14-15,22H,10-13H2,1-5H3;3-8,15,18H,1-2H3;10H,4-7H2,1-3H3;1H4. The molecule has 2 heterocycles. The Hall–Kier alpha value is -3.54. The fraction of sp³-hybridized carbons (Fsp3) is 0.469. The van der Waals surface area contributed by atoms with Crippen molar-refractivity contribution in [2.75, 3.05) is 52.4 Å². The molecule has 4 aromatic rings. The van der Waals surface area contributed by atoms with Gasteiger partial charge in [-0.3, -0.25) is 4.90 Å². The Morgan fingerprint density at radius 1 is 0.548 bits per heavy atom. The van der Waals surface area contributed by atoms with Gasteiger partial charge in [0.1, 0.15) is 17.3 Å². The predicted octanol–water partition coefficient (Wildman–Crippen LogP) is 12.4. The van der Waals surface area contributed by atoms with Crippen LogP contribution in [0.5, 0.6) is 0 Å². The van der Waals surface area contributed by atoms with Crippen molar-refractivity contribution in [2.45, 2.75) is 100 Å². The van der Waals surface area contributed by atoms with Gasteiger partial charge in [0.05, 0.1) is 6.04 Å². The van der Waals surface area contributed by atoms with Gasteiger partial charge in [0.15, 0.2) is 0 Å². The van der Waals surface area contributed by atoms with Crippen molar-refractivity contribution in [1.29, 1.82) is 0 Å². The topological polar surface area (TPSA) is 94.6 Å². The van der Waals surface area contributed by atoms with Crippen LogP contribution in [0.4, 0.5) is 9.59 Å². The number of hydrogen-bond acceptors (Lipinski definition) is 7. The minimum atomic E-state index is -0.653. The number of ether oxygens (including phenoxy) is 2. The summed E-state index contributed by atoms with van der Waals surface area (Å²) in [7, 11) is 0. The number of halogens is 4. The van der Waals surface area contributed by atoms with Gasteiger partial charge in [0.2, 0.25) is 0 Å². The maximum atomic E-state index is 12.5. The summed E-state index contributed by atoms with van der Waals surface area (Å²) in [6, 6.07) is 23.2. The van der Waals surface area contributed by atoms with E-state index in [0.717, 1.165) is 82.7 Å². The minimum Gasteiger partial charge on any atom is -0.444 e. The van der Waals surface area contributed by atoms with Crippen molar-refractivity contribution in [2.24, 2.45) is 0 Å². The second kappa shape index (κ2) is 23.4. The number of aliphatic hydroxyl groups is 1. The van der Waals surface area contributed by atoms with Crippen LogP contribution < -0.4 is 5.32 Å².